The van der Waals surface area contributed by atoms with Gasteiger partial charge in [-0.25, -0.2) is 19.3 Å². The van der Waals surface area contributed by atoms with E-state index in [1.807, 2.05) is 44.4 Å². The number of ether oxygens (including phenoxy) is 1. The number of nitrogens with one attached hydrogen (secondary N) is 1. The average molecular weight is 649 g/mol. The Labute approximate surface area is 267 Å². The van der Waals surface area contributed by atoms with E-state index in [2.05, 4.69) is 16.3 Å². The molecule has 0 bridgehead atoms. The van der Waals surface area contributed by atoms with Crippen LogP contribution in [0.2, 0.25) is 0 Å². The second kappa shape index (κ2) is 13.8. The fraction of sp³-hybridized carbons (Fsp3) is 0.242. The molecule has 1 atom stereocenters. The third-order valence-electron chi connectivity index (χ3n) is 7.60. The van der Waals surface area contributed by atoms with Crippen LogP contribution in [0.4, 0.5) is 24.8 Å². The largest absolute Gasteiger partial charge is 0.554 e. The van der Waals surface area contributed by atoms with Crippen molar-refractivity contribution < 1.29 is 37.1 Å². The minimum absolute atomic E-state index is 0.00202. The third-order valence-corrected chi connectivity index (χ3v) is 7.60. The lowest BCUT2D eigenvalue weighted by Gasteiger charge is -2.37. The number of fused-ring (bicyclic) bond motifs is 1. The van der Waals surface area contributed by atoms with Gasteiger partial charge in [-0.3, -0.25) is 4.90 Å². The first-order valence-corrected chi connectivity index (χ1v) is 14.1. The van der Waals surface area contributed by atoms with Crippen LogP contribution >= 0.6 is 0 Å². The quantitative estimate of drug-likeness (QED) is 0.181. The van der Waals surface area contributed by atoms with E-state index in [4.69, 9.17) is 14.6 Å². The SMILES string of the molecule is COC(=O)C1=C(C)N(c2cccc(C(F)(F)F)c2)c2n[nH]c(=O)n2C1c1ccc(C#N)cc1C[N+](C)(C)Cc1ccccc1.O=C[O-]. The number of halogens is 3. The number of methoxy groups -OCH3 is 1. The summed E-state index contributed by atoms with van der Waals surface area (Å²) in [5, 5.41) is 24.6. The van der Waals surface area contributed by atoms with Crippen molar-refractivity contribution >= 4 is 24.1 Å². The summed E-state index contributed by atoms with van der Waals surface area (Å²) in [7, 11) is 5.26. The van der Waals surface area contributed by atoms with E-state index >= 15 is 0 Å². The number of carbonyl (C=O) groups excluding carboxylic acids is 2. The third kappa shape index (κ3) is 7.26. The molecule has 0 saturated carbocycles. The van der Waals surface area contributed by atoms with Crippen LogP contribution in [0.1, 0.15) is 40.8 Å². The summed E-state index contributed by atoms with van der Waals surface area (Å²) in [6.07, 6.45) is -4.62. The minimum Gasteiger partial charge on any atom is -0.554 e. The number of esters is 1. The number of carbonyl (C=O) groups is 2. The van der Waals surface area contributed by atoms with E-state index in [9.17, 15) is 28.0 Å². The zero-order chi connectivity index (χ0) is 34.5. The Morgan fingerprint density at radius 1 is 1.11 bits per heavy atom. The van der Waals surface area contributed by atoms with E-state index < -0.39 is 35.9 Å². The molecule has 11 nitrogen and oxygen atoms in total. The highest BCUT2D eigenvalue weighted by atomic mass is 19.4. The number of aromatic nitrogens is 3. The van der Waals surface area contributed by atoms with Crippen LogP contribution in [0.3, 0.4) is 0 Å². The molecule has 1 aliphatic rings. The van der Waals surface area contributed by atoms with Crippen LogP contribution in [0.5, 0.6) is 0 Å². The van der Waals surface area contributed by atoms with Crippen molar-refractivity contribution in [3.05, 3.63) is 122 Å². The summed E-state index contributed by atoms with van der Waals surface area (Å²) < 4.78 is 47.8. The lowest BCUT2D eigenvalue weighted by atomic mass is 9.89. The molecule has 0 aliphatic carbocycles. The normalized spacial score (nSPS) is 14.4. The Bertz CT molecular complexity index is 1910. The average Bonchev–Trinajstić information content (AvgIpc) is 3.40. The number of anilines is 2. The fourth-order valence-electron chi connectivity index (χ4n) is 5.75. The zero-order valence-electron chi connectivity index (χ0n) is 25.9. The lowest BCUT2D eigenvalue weighted by Crippen LogP contribution is -2.40. The van der Waals surface area contributed by atoms with Crippen molar-refractivity contribution in [2.75, 3.05) is 26.1 Å². The van der Waals surface area contributed by atoms with Crippen molar-refractivity contribution in [3.63, 3.8) is 0 Å². The second-order valence-electron chi connectivity index (χ2n) is 11.3. The maximum Gasteiger partial charge on any atom is 0.416 e. The van der Waals surface area contributed by atoms with E-state index in [0.717, 1.165) is 17.7 Å². The van der Waals surface area contributed by atoms with Gasteiger partial charge in [0.15, 0.2) is 0 Å². The van der Waals surface area contributed by atoms with E-state index in [1.54, 1.807) is 25.1 Å². The summed E-state index contributed by atoms with van der Waals surface area (Å²) in [4.78, 5) is 36.4. The molecule has 244 valence electrons. The van der Waals surface area contributed by atoms with Gasteiger partial charge in [0.2, 0.25) is 5.95 Å². The molecule has 1 aliphatic heterocycles. The van der Waals surface area contributed by atoms with E-state index in [-0.39, 0.29) is 22.9 Å². The molecular formula is C33H31F3N6O5. The minimum atomic E-state index is -4.62. The van der Waals surface area contributed by atoms with Crippen molar-refractivity contribution in [1.82, 2.24) is 14.8 Å². The molecule has 4 aromatic rings. The van der Waals surface area contributed by atoms with Gasteiger partial charge in [-0.05, 0) is 42.8 Å². The number of aromatic amines is 1. The highest BCUT2D eigenvalue weighted by Gasteiger charge is 2.41. The topological polar surface area (TPSA) is 144 Å². The monoisotopic (exact) mass is 648 g/mol. The number of carboxylic acid groups (broad SMARTS) is 1. The van der Waals surface area contributed by atoms with Gasteiger partial charge in [0.05, 0.1) is 44.0 Å². The number of nitrogens with zero attached hydrogens (tertiary/aromatic N) is 5. The summed E-state index contributed by atoms with van der Waals surface area (Å²) in [6.45, 7) is 2.14. The number of benzene rings is 3. The number of quaternary nitrogens is 1. The number of allylic oxidation sites excluding steroid dienone is 1. The highest BCUT2D eigenvalue weighted by molar-refractivity contribution is 5.93. The van der Waals surface area contributed by atoms with Crippen LogP contribution in [0, 0.1) is 11.3 Å². The molecule has 47 heavy (non-hydrogen) atoms. The van der Waals surface area contributed by atoms with Gasteiger partial charge in [-0.15, -0.1) is 5.10 Å². The number of rotatable bonds is 7. The molecule has 5 rings (SSSR count). The first-order chi connectivity index (χ1) is 22.3. The Kier molecular flexibility index (Phi) is 10.0. The predicted octanol–water partition coefficient (Wildman–Crippen LogP) is 3.79. The van der Waals surface area contributed by atoms with Gasteiger partial charge in [0.1, 0.15) is 19.1 Å². The maximum absolute atomic E-state index is 13.6. The van der Waals surface area contributed by atoms with Crippen LogP contribution in [0.25, 0.3) is 0 Å². The number of hydrogen-bond acceptors (Lipinski definition) is 8. The highest BCUT2D eigenvalue weighted by Crippen LogP contribution is 2.44. The molecule has 0 saturated heterocycles. The lowest BCUT2D eigenvalue weighted by molar-refractivity contribution is -0.916. The van der Waals surface area contributed by atoms with Crippen LogP contribution < -0.4 is 15.7 Å². The van der Waals surface area contributed by atoms with Gasteiger partial charge in [-0.1, -0.05) is 42.5 Å². The molecule has 0 spiro atoms. The van der Waals surface area contributed by atoms with Gasteiger partial charge in [0.25, 0.3) is 0 Å². The molecule has 1 aromatic heterocycles. The van der Waals surface area contributed by atoms with E-state index in [1.165, 1.54) is 28.7 Å². The number of nitriles is 1. The Hall–Kier alpha value is -5.68. The van der Waals surface area contributed by atoms with Crippen LogP contribution in [0.15, 0.2) is 88.9 Å². The van der Waals surface area contributed by atoms with Gasteiger partial charge < -0.3 is 19.1 Å². The summed E-state index contributed by atoms with van der Waals surface area (Å²) in [5.41, 5.74) is 1.51. The first-order valence-electron chi connectivity index (χ1n) is 14.1. The number of H-pyrrole nitrogens is 1. The van der Waals surface area contributed by atoms with Gasteiger partial charge in [-0.2, -0.15) is 18.4 Å². The Balaban J connectivity index is 0.00000160. The van der Waals surface area contributed by atoms with Crippen LogP contribution in [-0.2, 0) is 33.6 Å². The van der Waals surface area contributed by atoms with E-state index in [0.29, 0.717) is 34.3 Å². The Morgan fingerprint density at radius 2 is 1.79 bits per heavy atom. The molecule has 14 heteroatoms. The molecule has 0 radical (unpaired) electrons. The molecule has 1 unspecified atom stereocenters. The molecule has 0 fully saturated rings. The van der Waals surface area contributed by atoms with Gasteiger partial charge >= 0.3 is 17.8 Å². The fourth-order valence-corrected chi connectivity index (χ4v) is 5.75. The first kappa shape index (κ1) is 34.2. The zero-order valence-corrected chi connectivity index (χ0v) is 25.9. The molecule has 0 amide bonds. The van der Waals surface area contributed by atoms with Crippen molar-refractivity contribution in [3.8, 4) is 6.07 Å². The van der Waals surface area contributed by atoms with Crippen molar-refractivity contribution in [2.24, 2.45) is 0 Å². The van der Waals surface area contributed by atoms with Gasteiger partial charge in [0, 0.05) is 29.0 Å². The van der Waals surface area contributed by atoms with Crippen molar-refractivity contribution in [1.29, 1.82) is 5.26 Å². The maximum atomic E-state index is 13.6. The second-order valence-corrected chi connectivity index (χ2v) is 11.3. The predicted molar refractivity (Wildman–Crippen MR) is 162 cm³/mol. The molecule has 3 aromatic carbocycles. The smallest absolute Gasteiger partial charge is 0.416 e. The summed E-state index contributed by atoms with van der Waals surface area (Å²) in [6, 6.07) is 20.6. The molecule has 1 N–H and O–H groups in total. The number of alkyl halides is 3. The molecule has 2 heterocycles. The molecular weight excluding hydrogens is 617 g/mol. The Morgan fingerprint density at radius 3 is 2.40 bits per heavy atom. The number of hydrogen-bond donors (Lipinski definition) is 1. The summed E-state index contributed by atoms with van der Waals surface area (Å²) >= 11 is 0. The van der Waals surface area contributed by atoms with Crippen LogP contribution in [-0.4, -0.2) is 52.9 Å². The standard InChI is InChI=1S/C32H29F3N6O3.CH2O2/c1-20-27(29(42)44-4)28(40-30(37-38-31(40)43)39(20)25-12-8-11-24(16-25)32(33,34)35)26-14-13-22(17-36)15-23(26)19-41(2,3)18-21-9-6-5-7-10-21;2-1-3/h5-16,28H,18-19H2,1-4H3;1H,(H,2,3). The van der Waals surface area contributed by atoms with Crippen molar-refractivity contribution in [2.45, 2.75) is 32.2 Å². The summed E-state index contributed by atoms with van der Waals surface area (Å²) in [5.74, 6) is -0.769.